The molecule has 0 spiro atoms. The maximum absolute atomic E-state index is 10.6. The molecule has 0 amide bonds. The molecular weight excluding hydrogens is 180 g/mol. The number of carbonyl (C=O) groups is 1. The maximum Gasteiger partial charge on any atom is 0.309 e. The summed E-state index contributed by atoms with van der Waals surface area (Å²) in [4.78, 5) is 18.6. The van der Waals surface area contributed by atoms with Crippen LogP contribution in [0.2, 0.25) is 0 Å². The molecule has 4 heteroatoms. The van der Waals surface area contributed by atoms with Gasteiger partial charge in [0.15, 0.2) is 0 Å². The number of para-hydroxylation sites is 1. The number of rotatable bonds is 2. The highest BCUT2D eigenvalue weighted by Gasteiger charge is 2.06. The maximum atomic E-state index is 10.6. The molecule has 2 aromatic rings. The molecule has 2 rings (SSSR count). The summed E-state index contributed by atoms with van der Waals surface area (Å²) in [6.45, 7) is 0. The van der Waals surface area contributed by atoms with Gasteiger partial charge in [-0.3, -0.25) is 4.79 Å². The Morgan fingerprint density at radius 1 is 1.29 bits per heavy atom. The molecule has 0 atom stereocenters. The summed E-state index contributed by atoms with van der Waals surface area (Å²) in [6.07, 6.45) is 1.32. The van der Waals surface area contributed by atoms with Gasteiger partial charge < -0.3 is 5.11 Å². The third-order valence-corrected chi connectivity index (χ3v) is 1.94. The minimum atomic E-state index is -0.881. The molecule has 14 heavy (non-hydrogen) atoms. The van der Waals surface area contributed by atoms with Crippen LogP contribution in [0.15, 0.2) is 30.6 Å². The van der Waals surface area contributed by atoms with Crippen LogP contribution in [0.1, 0.15) is 5.69 Å². The van der Waals surface area contributed by atoms with Crippen LogP contribution in [0.4, 0.5) is 0 Å². The highest BCUT2D eigenvalue weighted by Crippen LogP contribution is 2.13. The first-order valence-electron chi connectivity index (χ1n) is 4.18. The molecule has 0 aliphatic rings. The fraction of sp³-hybridized carbons (Fsp3) is 0.100. The molecule has 0 unspecified atom stereocenters. The Morgan fingerprint density at radius 3 is 2.86 bits per heavy atom. The molecule has 0 saturated carbocycles. The van der Waals surface area contributed by atoms with E-state index in [1.54, 1.807) is 0 Å². The number of hydrogen-bond donors (Lipinski definition) is 1. The summed E-state index contributed by atoms with van der Waals surface area (Å²) in [6, 6.07) is 7.37. The van der Waals surface area contributed by atoms with Crippen molar-refractivity contribution in [1.29, 1.82) is 0 Å². The van der Waals surface area contributed by atoms with Crippen LogP contribution in [0.5, 0.6) is 0 Å². The summed E-state index contributed by atoms with van der Waals surface area (Å²) in [5.41, 5.74) is 1.34. The predicted molar refractivity (Wildman–Crippen MR) is 50.9 cm³/mol. The van der Waals surface area contributed by atoms with E-state index in [2.05, 4.69) is 9.97 Å². The standard InChI is InChI=1S/C10H8N2O2/c13-10(14)5-9-7-3-1-2-4-8(7)11-6-12-9/h1-4,6H,5H2,(H,13,14). The summed E-state index contributed by atoms with van der Waals surface area (Å²) in [7, 11) is 0. The van der Waals surface area contributed by atoms with E-state index in [1.165, 1.54) is 6.33 Å². The minimum absolute atomic E-state index is 0.0664. The first-order valence-corrected chi connectivity index (χ1v) is 4.18. The lowest BCUT2D eigenvalue weighted by Gasteiger charge is -2.00. The van der Waals surface area contributed by atoms with Crippen molar-refractivity contribution in [2.45, 2.75) is 6.42 Å². The monoisotopic (exact) mass is 188 g/mol. The van der Waals surface area contributed by atoms with Crippen molar-refractivity contribution in [1.82, 2.24) is 9.97 Å². The van der Waals surface area contributed by atoms with Gasteiger partial charge in [0.25, 0.3) is 0 Å². The fourth-order valence-corrected chi connectivity index (χ4v) is 1.34. The van der Waals surface area contributed by atoms with Crippen LogP contribution in [0.3, 0.4) is 0 Å². The summed E-state index contributed by atoms with van der Waals surface area (Å²) in [5, 5.41) is 9.47. The van der Waals surface area contributed by atoms with Crippen molar-refractivity contribution in [2.75, 3.05) is 0 Å². The lowest BCUT2D eigenvalue weighted by atomic mass is 10.1. The second kappa shape index (κ2) is 3.41. The summed E-state index contributed by atoms with van der Waals surface area (Å²) < 4.78 is 0. The zero-order valence-corrected chi connectivity index (χ0v) is 7.34. The van der Waals surface area contributed by atoms with Crippen LogP contribution in [-0.2, 0) is 11.2 Å². The van der Waals surface area contributed by atoms with E-state index in [9.17, 15) is 4.79 Å². The van der Waals surface area contributed by atoms with Gasteiger partial charge in [0, 0.05) is 5.39 Å². The van der Waals surface area contributed by atoms with Crippen molar-refractivity contribution in [3.05, 3.63) is 36.3 Å². The highest BCUT2D eigenvalue weighted by molar-refractivity contribution is 5.84. The molecule has 1 N–H and O–H groups in total. The van der Waals surface area contributed by atoms with Gasteiger partial charge in [-0.15, -0.1) is 0 Å². The van der Waals surface area contributed by atoms with E-state index in [-0.39, 0.29) is 6.42 Å². The third-order valence-electron chi connectivity index (χ3n) is 1.94. The average molecular weight is 188 g/mol. The topological polar surface area (TPSA) is 63.1 Å². The van der Waals surface area contributed by atoms with E-state index in [0.29, 0.717) is 5.69 Å². The quantitative estimate of drug-likeness (QED) is 0.770. The van der Waals surface area contributed by atoms with Crippen LogP contribution in [-0.4, -0.2) is 21.0 Å². The van der Waals surface area contributed by atoms with Crippen LogP contribution in [0.25, 0.3) is 10.9 Å². The van der Waals surface area contributed by atoms with Gasteiger partial charge in [-0.05, 0) is 6.07 Å². The number of aliphatic carboxylic acids is 1. The molecular formula is C10H8N2O2. The van der Waals surface area contributed by atoms with Crippen molar-refractivity contribution < 1.29 is 9.90 Å². The van der Waals surface area contributed by atoms with E-state index >= 15 is 0 Å². The van der Waals surface area contributed by atoms with Crippen molar-refractivity contribution in [2.24, 2.45) is 0 Å². The van der Waals surface area contributed by atoms with Crippen LogP contribution in [0, 0.1) is 0 Å². The molecule has 1 heterocycles. The van der Waals surface area contributed by atoms with Gasteiger partial charge in [-0.2, -0.15) is 0 Å². The normalized spacial score (nSPS) is 10.3. The first kappa shape index (κ1) is 8.62. The molecule has 0 fully saturated rings. The largest absolute Gasteiger partial charge is 0.481 e. The number of carboxylic acids is 1. The molecule has 1 aromatic heterocycles. The predicted octanol–water partition coefficient (Wildman–Crippen LogP) is 1.26. The van der Waals surface area contributed by atoms with E-state index in [4.69, 9.17) is 5.11 Å². The Labute approximate surface area is 80.2 Å². The van der Waals surface area contributed by atoms with E-state index < -0.39 is 5.97 Å². The first-order chi connectivity index (χ1) is 6.77. The molecule has 0 aliphatic heterocycles. The average Bonchev–Trinajstić information content (AvgIpc) is 2.18. The molecule has 0 radical (unpaired) electrons. The van der Waals surface area contributed by atoms with Crippen LogP contribution < -0.4 is 0 Å². The third kappa shape index (κ3) is 1.54. The van der Waals surface area contributed by atoms with Gasteiger partial charge >= 0.3 is 5.97 Å². The van der Waals surface area contributed by atoms with Gasteiger partial charge in [-0.1, -0.05) is 18.2 Å². The Hall–Kier alpha value is -1.97. The van der Waals surface area contributed by atoms with E-state index in [0.717, 1.165) is 10.9 Å². The van der Waals surface area contributed by atoms with Gasteiger partial charge in [0.2, 0.25) is 0 Å². The number of aromatic nitrogens is 2. The molecule has 0 aliphatic carbocycles. The molecule has 4 nitrogen and oxygen atoms in total. The van der Waals surface area contributed by atoms with Gasteiger partial charge in [0.1, 0.15) is 6.33 Å². The lowest BCUT2D eigenvalue weighted by Crippen LogP contribution is -2.03. The molecule has 1 aromatic carbocycles. The molecule has 0 bridgehead atoms. The Balaban J connectivity index is 2.59. The number of carboxylic acid groups (broad SMARTS) is 1. The SMILES string of the molecule is O=C(O)Cc1ncnc2ccccc12. The minimum Gasteiger partial charge on any atom is -0.481 e. The Bertz CT molecular complexity index is 477. The molecule has 70 valence electrons. The fourth-order valence-electron chi connectivity index (χ4n) is 1.34. The Morgan fingerprint density at radius 2 is 2.07 bits per heavy atom. The number of benzene rings is 1. The Kier molecular flexibility index (Phi) is 2.10. The smallest absolute Gasteiger partial charge is 0.309 e. The van der Waals surface area contributed by atoms with Gasteiger partial charge in [-0.25, -0.2) is 9.97 Å². The number of fused-ring (bicyclic) bond motifs is 1. The van der Waals surface area contributed by atoms with Crippen molar-refractivity contribution >= 4 is 16.9 Å². The second-order valence-electron chi connectivity index (χ2n) is 2.91. The number of hydrogen-bond acceptors (Lipinski definition) is 3. The number of nitrogens with zero attached hydrogens (tertiary/aromatic N) is 2. The van der Waals surface area contributed by atoms with E-state index in [1.807, 2.05) is 24.3 Å². The summed E-state index contributed by atoms with van der Waals surface area (Å²) in [5.74, 6) is -0.881. The van der Waals surface area contributed by atoms with Crippen molar-refractivity contribution in [3.63, 3.8) is 0 Å². The van der Waals surface area contributed by atoms with Crippen LogP contribution >= 0.6 is 0 Å². The second-order valence-corrected chi connectivity index (χ2v) is 2.91. The van der Waals surface area contributed by atoms with Gasteiger partial charge in [0.05, 0.1) is 17.6 Å². The molecule has 0 saturated heterocycles. The lowest BCUT2D eigenvalue weighted by molar-refractivity contribution is -0.136. The highest BCUT2D eigenvalue weighted by atomic mass is 16.4. The van der Waals surface area contributed by atoms with Crippen molar-refractivity contribution in [3.8, 4) is 0 Å². The summed E-state index contributed by atoms with van der Waals surface area (Å²) >= 11 is 0. The zero-order valence-electron chi connectivity index (χ0n) is 7.34. The zero-order chi connectivity index (χ0) is 9.97.